The van der Waals surface area contributed by atoms with Crippen molar-refractivity contribution in [2.75, 3.05) is 20.2 Å². The van der Waals surface area contributed by atoms with Crippen LogP contribution in [0.4, 0.5) is 0 Å². The number of likely N-dealkylation sites (tertiary alicyclic amines) is 1. The average Bonchev–Trinajstić information content (AvgIpc) is 2.59. The highest BCUT2D eigenvalue weighted by Crippen LogP contribution is 2.58. The van der Waals surface area contributed by atoms with E-state index >= 15 is 0 Å². The van der Waals surface area contributed by atoms with Crippen LogP contribution in [0.2, 0.25) is 0 Å². The molecule has 25 heavy (non-hydrogen) atoms. The Hall–Kier alpha value is -1.06. The zero-order chi connectivity index (χ0) is 17.1. The van der Waals surface area contributed by atoms with E-state index in [1.165, 1.54) is 49.8 Å². The first-order valence-electron chi connectivity index (χ1n) is 10.3. The normalized spacial score (nSPS) is 37.8. The van der Waals surface area contributed by atoms with Crippen molar-refractivity contribution >= 4 is 0 Å². The summed E-state index contributed by atoms with van der Waals surface area (Å²) < 4.78 is 5.53. The number of benzene rings is 1. The standard InChI is InChI=1S/C22H31NO2/c1-25-18-8-7-17-13-20-22(24)10-3-2-9-21(22,19(17)14-18)11-12-23(20)15-16-5-4-6-16/h7-8,14,16,20,24H,2-6,9-13,15H2,1H3/t20-,21+,22+/m1/s1. The second-order valence-corrected chi connectivity index (χ2v) is 9.00. The van der Waals surface area contributed by atoms with E-state index in [0.29, 0.717) is 6.04 Å². The van der Waals surface area contributed by atoms with Gasteiger partial charge in [-0.25, -0.2) is 0 Å². The molecule has 4 aliphatic rings. The van der Waals surface area contributed by atoms with Gasteiger partial charge in [-0.1, -0.05) is 25.3 Å². The third kappa shape index (κ3) is 2.18. The predicted octanol–water partition coefficient (Wildman–Crippen LogP) is 3.67. The molecule has 0 aromatic heterocycles. The molecule has 5 rings (SSSR count). The largest absolute Gasteiger partial charge is 0.497 e. The molecule has 0 unspecified atom stereocenters. The summed E-state index contributed by atoms with van der Waals surface area (Å²) in [6.07, 6.45) is 10.8. The molecule has 0 spiro atoms. The Bertz CT molecular complexity index is 670. The topological polar surface area (TPSA) is 32.7 Å². The number of fused-ring (bicyclic) bond motifs is 1. The van der Waals surface area contributed by atoms with E-state index < -0.39 is 5.60 Å². The summed E-state index contributed by atoms with van der Waals surface area (Å²) in [5.74, 6) is 1.81. The zero-order valence-electron chi connectivity index (χ0n) is 15.5. The molecule has 0 radical (unpaired) electrons. The molecule has 0 amide bonds. The van der Waals surface area contributed by atoms with Crippen molar-refractivity contribution < 1.29 is 9.84 Å². The van der Waals surface area contributed by atoms with Crippen molar-refractivity contribution in [2.24, 2.45) is 5.92 Å². The number of hydrogen-bond donors (Lipinski definition) is 1. The molecule has 2 saturated carbocycles. The SMILES string of the molecule is COc1ccc2c(c1)[C@@]13CCCC[C@]1(O)[C@@H](C2)N(CC1CCC1)CC3. The molecule has 1 N–H and O–H groups in total. The van der Waals surface area contributed by atoms with Crippen LogP contribution in [-0.2, 0) is 11.8 Å². The van der Waals surface area contributed by atoms with E-state index in [9.17, 15) is 5.11 Å². The predicted molar refractivity (Wildman–Crippen MR) is 99.1 cm³/mol. The van der Waals surface area contributed by atoms with Crippen molar-refractivity contribution in [3.63, 3.8) is 0 Å². The van der Waals surface area contributed by atoms with Crippen LogP contribution in [0.5, 0.6) is 5.75 Å². The number of nitrogens with zero attached hydrogens (tertiary/aromatic N) is 1. The number of aliphatic hydroxyl groups is 1. The summed E-state index contributed by atoms with van der Waals surface area (Å²) in [7, 11) is 1.75. The fraction of sp³-hybridized carbons (Fsp3) is 0.727. The quantitative estimate of drug-likeness (QED) is 0.910. The lowest BCUT2D eigenvalue weighted by Crippen LogP contribution is -2.72. The minimum absolute atomic E-state index is 0.0475. The maximum atomic E-state index is 12.1. The van der Waals surface area contributed by atoms with Crippen LogP contribution in [0.3, 0.4) is 0 Å². The van der Waals surface area contributed by atoms with Gasteiger partial charge in [0.05, 0.1) is 12.7 Å². The van der Waals surface area contributed by atoms with Crippen LogP contribution < -0.4 is 4.74 Å². The minimum Gasteiger partial charge on any atom is -0.497 e. The molecule has 1 aromatic carbocycles. The van der Waals surface area contributed by atoms with E-state index in [1.54, 1.807) is 7.11 Å². The van der Waals surface area contributed by atoms with Gasteiger partial charge < -0.3 is 9.84 Å². The molecular formula is C22H31NO2. The lowest BCUT2D eigenvalue weighted by molar-refractivity contribution is -0.169. The maximum absolute atomic E-state index is 12.1. The fourth-order valence-corrected chi connectivity index (χ4v) is 6.44. The highest BCUT2D eigenvalue weighted by atomic mass is 16.5. The molecule has 3 atom stereocenters. The summed E-state index contributed by atoms with van der Waals surface area (Å²) in [4.78, 5) is 2.67. The lowest BCUT2D eigenvalue weighted by atomic mass is 9.49. The first kappa shape index (κ1) is 16.1. The molecule has 3 heteroatoms. The van der Waals surface area contributed by atoms with Crippen molar-refractivity contribution in [2.45, 2.75) is 74.8 Å². The number of piperidine rings is 1. The first-order chi connectivity index (χ1) is 12.2. The van der Waals surface area contributed by atoms with Crippen molar-refractivity contribution in [3.05, 3.63) is 29.3 Å². The van der Waals surface area contributed by atoms with Gasteiger partial charge in [-0.15, -0.1) is 0 Å². The van der Waals surface area contributed by atoms with Crippen LogP contribution >= 0.6 is 0 Å². The monoisotopic (exact) mass is 341 g/mol. The number of ether oxygens (including phenoxy) is 1. The van der Waals surface area contributed by atoms with Crippen LogP contribution in [0, 0.1) is 5.92 Å². The van der Waals surface area contributed by atoms with E-state index in [1.807, 2.05) is 0 Å². The van der Waals surface area contributed by atoms with Gasteiger partial charge in [0.15, 0.2) is 0 Å². The molecule has 1 aromatic rings. The molecule has 3 aliphatic carbocycles. The van der Waals surface area contributed by atoms with Crippen LogP contribution in [0.1, 0.15) is 62.5 Å². The average molecular weight is 341 g/mol. The Morgan fingerprint density at radius 3 is 2.76 bits per heavy atom. The Morgan fingerprint density at radius 1 is 1.16 bits per heavy atom. The van der Waals surface area contributed by atoms with Gasteiger partial charge in [0.25, 0.3) is 0 Å². The summed E-state index contributed by atoms with van der Waals surface area (Å²) >= 11 is 0. The number of rotatable bonds is 3. The summed E-state index contributed by atoms with van der Waals surface area (Å²) in [6.45, 7) is 2.36. The summed E-state index contributed by atoms with van der Waals surface area (Å²) in [6, 6.07) is 6.92. The third-order valence-corrected chi connectivity index (χ3v) is 8.02. The molecule has 1 heterocycles. The van der Waals surface area contributed by atoms with Gasteiger partial charge >= 0.3 is 0 Å². The summed E-state index contributed by atoms with van der Waals surface area (Å²) in [5, 5.41) is 12.1. The molecule has 1 aliphatic heterocycles. The van der Waals surface area contributed by atoms with Crippen molar-refractivity contribution in [1.29, 1.82) is 0 Å². The summed E-state index contributed by atoms with van der Waals surface area (Å²) in [5.41, 5.74) is 2.25. The molecule has 3 nitrogen and oxygen atoms in total. The smallest absolute Gasteiger partial charge is 0.119 e. The second kappa shape index (κ2) is 5.72. The van der Waals surface area contributed by atoms with Gasteiger partial charge in [-0.2, -0.15) is 0 Å². The van der Waals surface area contributed by atoms with Crippen LogP contribution in [0.25, 0.3) is 0 Å². The van der Waals surface area contributed by atoms with Crippen molar-refractivity contribution in [1.82, 2.24) is 4.90 Å². The van der Waals surface area contributed by atoms with Gasteiger partial charge in [0.1, 0.15) is 5.75 Å². The number of hydrogen-bond acceptors (Lipinski definition) is 3. The molecule has 136 valence electrons. The highest BCUT2D eigenvalue weighted by Gasteiger charge is 2.63. The van der Waals surface area contributed by atoms with E-state index in [-0.39, 0.29) is 5.41 Å². The lowest BCUT2D eigenvalue weighted by Gasteiger charge is -2.64. The Kier molecular flexibility index (Phi) is 3.69. The first-order valence-corrected chi connectivity index (χ1v) is 10.3. The van der Waals surface area contributed by atoms with Gasteiger partial charge in [0, 0.05) is 18.0 Å². The third-order valence-electron chi connectivity index (χ3n) is 8.02. The molecular weight excluding hydrogens is 310 g/mol. The van der Waals surface area contributed by atoms with Gasteiger partial charge in [-0.05, 0) is 74.2 Å². The van der Waals surface area contributed by atoms with E-state index in [4.69, 9.17) is 4.74 Å². The highest BCUT2D eigenvalue weighted by molar-refractivity contribution is 5.48. The fourth-order valence-electron chi connectivity index (χ4n) is 6.44. The Labute approximate surface area is 151 Å². The number of methoxy groups -OCH3 is 1. The van der Waals surface area contributed by atoms with E-state index in [2.05, 4.69) is 23.1 Å². The zero-order valence-corrected chi connectivity index (χ0v) is 15.5. The van der Waals surface area contributed by atoms with Crippen LogP contribution in [0.15, 0.2) is 18.2 Å². The van der Waals surface area contributed by atoms with Gasteiger partial charge in [-0.3, -0.25) is 4.90 Å². The van der Waals surface area contributed by atoms with E-state index in [0.717, 1.165) is 43.9 Å². The Morgan fingerprint density at radius 2 is 2.00 bits per heavy atom. The molecule has 1 saturated heterocycles. The Balaban J connectivity index is 1.58. The minimum atomic E-state index is -0.549. The second-order valence-electron chi connectivity index (χ2n) is 9.00. The molecule has 3 fully saturated rings. The molecule has 2 bridgehead atoms. The van der Waals surface area contributed by atoms with Crippen molar-refractivity contribution in [3.8, 4) is 5.75 Å². The maximum Gasteiger partial charge on any atom is 0.119 e. The van der Waals surface area contributed by atoms with Crippen LogP contribution in [-0.4, -0.2) is 41.8 Å². The van der Waals surface area contributed by atoms with Gasteiger partial charge in [0.2, 0.25) is 0 Å².